The molecule has 0 radical (unpaired) electrons. The lowest BCUT2D eigenvalue weighted by Crippen LogP contribution is -2.54. The van der Waals surface area contributed by atoms with Crippen LogP contribution in [0.1, 0.15) is 127 Å². The molecule has 0 aliphatic carbocycles. The van der Waals surface area contributed by atoms with E-state index in [0.717, 1.165) is 126 Å². The molecule has 3 fully saturated rings. The van der Waals surface area contributed by atoms with Crippen LogP contribution in [0, 0.1) is 0 Å². The lowest BCUT2D eigenvalue weighted by Gasteiger charge is -2.34. The summed E-state index contributed by atoms with van der Waals surface area (Å²) in [5.41, 5.74) is 4.41. The van der Waals surface area contributed by atoms with Gasteiger partial charge in [0, 0.05) is 82.6 Å². The number of hydrogen-bond donors (Lipinski definition) is 3. The second-order valence-electron chi connectivity index (χ2n) is 20.1. The monoisotopic (exact) mass is 999 g/mol. The number of piperazine rings is 1. The molecule has 6 amide bonds. The summed E-state index contributed by atoms with van der Waals surface area (Å²) in [5, 5.41) is 17.0. The third-order valence-corrected chi connectivity index (χ3v) is 15.0. The Labute approximate surface area is 427 Å². The van der Waals surface area contributed by atoms with E-state index in [0.29, 0.717) is 73.9 Å². The summed E-state index contributed by atoms with van der Waals surface area (Å²) in [6, 6.07) is 12.2. The van der Waals surface area contributed by atoms with Crippen molar-refractivity contribution in [2.24, 2.45) is 0 Å². The van der Waals surface area contributed by atoms with Crippen molar-refractivity contribution < 1.29 is 28.8 Å². The summed E-state index contributed by atoms with van der Waals surface area (Å²) in [7, 11) is 2.14. The van der Waals surface area contributed by atoms with Crippen molar-refractivity contribution in [3.05, 3.63) is 76.7 Å². The number of carbonyl (C=O) groups is 6. The molecule has 5 aliphatic rings. The van der Waals surface area contributed by atoms with Crippen LogP contribution in [0.15, 0.2) is 48.8 Å². The number of carbonyl (C=O) groups excluding carboxylic acids is 6. The number of aryl methyl sites for hydroxylation is 1. The topological polar surface area (TPSA) is 214 Å². The number of anilines is 3. The number of rotatable bonds is 23. The van der Waals surface area contributed by atoms with Crippen molar-refractivity contribution in [1.82, 2.24) is 55.0 Å². The molecule has 20 heteroatoms. The zero-order chi connectivity index (χ0) is 51.0. The molecule has 8 heterocycles. The molecule has 3 N–H and O–H groups in total. The maximum absolute atomic E-state index is 14.2. The number of nitrogens with one attached hydrogen (secondary N) is 3. The first-order valence-corrected chi connectivity index (χ1v) is 26.4. The first-order valence-electron chi connectivity index (χ1n) is 26.4. The van der Waals surface area contributed by atoms with Gasteiger partial charge in [-0.3, -0.25) is 48.8 Å². The molecule has 20 nitrogen and oxygen atoms in total. The minimum Gasteiger partial charge on any atom is -0.384 e. The first kappa shape index (κ1) is 51.3. The van der Waals surface area contributed by atoms with Crippen molar-refractivity contribution in [2.45, 2.75) is 116 Å². The summed E-state index contributed by atoms with van der Waals surface area (Å²) in [4.78, 5) is 99.8. The van der Waals surface area contributed by atoms with E-state index < -0.39 is 29.7 Å². The van der Waals surface area contributed by atoms with E-state index in [2.05, 4.69) is 59.7 Å². The van der Waals surface area contributed by atoms with Crippen LogP contribution in [0.5, 0.6) is 0 Å². The molecule has 0 bridgehead atoms. The number of amides is 6. The van der Waals surface area contributed by atoms with Crippen LogP contribution in [0.2, 0.25) is 0 Å². The van der Waals surface area contributed by atoms with Gasteiger partial charge in [-0.2, -0.15) is 0 Å². The van der Waals surface area contributed by atoms with Crippen molar-refractivity contribution in [1.29, 1.82) is 0 Å². The highest BCUT2D eigenvalue weighted by atomic mass is 16.2. The Morgan fingerprint density at radius 2 is 1.59 bits per heavy atom. The van der Waals surface area contributed by atoms with Crippen molar-refractivity contribution in [3.63, 3.8) is 0 Å². The van der Waals surface area contributed by atoms with Crippen LogP contribution in [0.25, 0.3) is 11.5 Å². The highest BCUT2D eigenvalue weighted by molar-refractivity contribution is 6.25. The van der Waals surface area contributed by atoms with Crippen LogP contribution in [-0.2, 0) is 34.0 Å². The lowest BCUT2D eigenvalue weighted by molar-refractivity contribution is -0.136. The summed E-state index contributed by atoms with van der Waals surface area (Å²) < 4.78 is 1.94. The van der Waals surface area contributed by atoms with E-state index in [-0.39, 0.29) is 35.8 Å². The molecule has 388 valence electrons. The minimum atomic E-state index is -0.989. The largest absolute Gasteiger partial charge is 0.384 e. The summed E-state index contributed by atoms with van der Waals surface area (Å²) in [6.07, 6.45) is 11.1. The molecule has 1 unspecified atom stereocenters. The number of nitrogens with zero attached hydrogens (tertiary/aromatic N) is 11. The zero-order valence-electron chi connectivity index (χ0n) is 42.6. The van der Waals surface area contributed by atoms with Crippen LogP contribution < -0.4 is 25.8 Å². The number of unbranched alkanes of at least 4 members (excludes halogenated alkanes) is 5. The van der Waals surface area contributed by atoms with Gasteiger partial charge >= 0.3 is 0 Å². The van der Waals surface area contributed by atoms with Gasteiger partial charge in [-0.15, -0.1) is 10.2 Å². The number of aromatic nitrogens is 5. The van der Waals surface area contributed by atoms with Crippen LogP contribution >= 0.6 is 0 Å². The number of piperidine rings is 1. The Kier molecular flexibility index (Phi) is 16.5. The SMILES string of the molecule is CCn1cnnc1-c1cccc(N2Cc3c(cc(N4CCC[C@H]4C)nc3CN(C)CCCN3CCN(CC(=O)NCCCCCCCCNc4cccc5c4C(=O)N(C4CCC(=O)NC4=O)C5=O)CC3)C2=O)n1. The van der Waals surface area contributed by atoms with Gasteiger partial charge in [-0.1, -0.05) is 37.8 Å². The molecule has 4 aromatic rings. The quantitative estimate of drug-likeness (QED) is 0.0698. The van der Waals surface area contributed by atoms with Gasteiger partial charge < -0.3 is 29.9 Å². The third kappa shape index (κ3) is 11.8. The summed E-state index contributed by atoms with van der Waals surface area (Å²) in [5.74, 6) is 0.113. The van der Waals surface area contributed by atoms with E-state index >= 15 is 0 Å². The molecule has 3 saturated heterocycles. The molecule has 3 aromatic heterocycles. The Hall–Kier alpha value is -6.64. The molecule has 0 saturated carbocycles. The van der Waals surface area contributed by atoms with Crippen LogP contribution in [-0.4, -0.2) is 164 Å². The zero-order valence-corrected chi connectivity index (χ0v) is 42.6. The maximum Gasteiger partial charge on any atom is 0.264 e. The molecular formula is C53H70N14O6. The fourth-order valence-corrected chi connectivity index (χ4v) is 10.9. The Morgan fingerprint density at radius 3 is 2.36 bits per heavy atom. The number of benzene rings is 1. The molecule has 2 atom stereocenters. The average molecular weight is 999 g/mol. The number of fused-ring (bicyclic) bond motifs is 2. The Balaban J connectivity index is 0.648. The van der Waals surface area contributed by atoms with E-state index in [1.807, 2.05) is 35.8 Å². The normalized spacial score (nSPS) is 19.3. The molecule has 9 rings (SSSR count). The Morgan fingerprint density at radius 1 is 0.822 bits per heavy atom. The second kappa shape index (κ2) is 23.5. The van der Waals surface area contributed by atoms with E-state index in [1.54, 1.807) is 29.4 Å². The minimum absolute atomic E-state index is 0.0563. The first-order chi connectivity index (χ1) is 35.5. The van der Waals surface area contributed by atoms with Gasteiger partial charge in [-0.05, 0) is 103 Å². The predicted octanol–water partition coefficient (Wildman–Crippen LogP) is 4.31. The number of hydrogen-bond acceptors (Lipinski definition) is 15. The number of pyridine rings is 2. The second-order valence-corrected chi connectivity index (χ2v) is 20.1. The fraction of sp³-hybridized carbons (Fsp3) is 0.547. The van der Waals surface area contributed by atoms with E-state index in [1.165, 1.54) is 0 Å². The van der Waals surface area contributed by atoms with Crippen molar-refractivity contribution in [3.8, 4) is 11.5 Å². The predicted molar refractivity (Wildman–Crippen MR) is 276 cm³/mol. The molecule has 1 aromatic carbocycles. The number of imide groups is 2. The highest BCUT2D eigenvalue weighted by Crippen LogP contribution is 2.36. The highest BCUT2D eigenvalue weighted by Gasteiger charge is 2.45. The van der Waals surface area contributed by atoms with Gasteiger partial charge in [-0.25, -0.2) is 9.97 Å². The van der Waals surface area contributed by atoms with Gasteiger partial charge in [0.1, 0.15) is 29.7 Å². The van der Waals surface area contributed by atoms with Gasteiger partial charge in [0.15, 0.2) is 5.82 Å². The van der Waals surface area contributed by atoms with Gasteiger partial charge in [0.2, 0.25) is 17.7 Å². The van der Waals surface area contributed by atoms with E-state index in [9.17, 15) is 28.8 Å². The van der Waals surface area contributed by atoms with Crippen molar-refractivity contribution >= 4 is 52.8 Å². The fourth-order valence-electron chi connectivity index (χ4n) is 10.9. The van der Waals surface area contributed by atoms with E-state index in [4.69, 9.17) is 9.97 Å². The average Bonchev–Trinajstić information content (AvgIpc) is 4.18. The molecule has 0 spiro atoms. The standard InChI is InChI=1S/C53H70N14O6/c1-4-64-35-56-60-49(64)41-18-12-19-44(57-41)66-32-39-38(51(66)71)31-45(65-26-13-15-36(65)2)58-42(39)33-61(3)24-14-25-62-27-29-63(30-28-62)34-47(69)55-23-10-8-6-5-7-9-22-54-40-17-11-16-37-48(40)53(73)67(52(37)72)43-20-21-46(68)59-50(43)70/h11-12,16-19,31,35-36,43,54H,4-10,13-15,20-30,32-34H2,1-3H3,(H,55,69)(H,59,68,70)/t36-,43?/m1/s1. The maximum atomic E-state index is 14.2. The molecule has 5 aliphatic heterocycles. The van der Waals surface area contributed by atoms with Crippen LogP contribution in [0.3, 0.4) is 0 Å². The smallest absolute Gasteiger partial charge is 0.264 e. The molecule has 73 heavy (non-hydrogen) atoms. The third-order valence-electron chi connectivity index (χ3n) is 15.0. The summed E-state index contributed by atoms with van der Waals surface area (Å²) >= 11 is 0. The van der Waals surface area contributed by atoms with Crippen molar-refractivity contribution in [2.75, 3.05) is 87.6 Å². The molecular weight excluding hydrogens is 929 g/mol. The van der Waals surface area contributed by atoms with Gasteiger partial charge in [0.05, 0.1) is 35.5 Å². The lowest BCUT2D eigenvalue weighted by atomic mass is 10.0. The summed E-state index contributed by atoms with van der Waals surface area (Å²) in [6.45, 7) is 14.1. The van der Waals surface area contributed by atoms with Crippen LogP contribution in [0.4, 0.5) is 17.3 Å². The Bertz CT molecular complexity index is 2680. The van der Waals surface area contributed by atoms with Gasteiger partial charge in [0.25, 0.3) is 17.7 Å².